The van der Waals surface area contributed by atoms with Crippen molar-refractivity contribution in [2.45, 2.75) is 5.41 Å². The largest absolute Gasteiger partial charge is 0.310 e. The summed E-state index contributed by atoms with van der Waals surface area (Å²) in [6.45, 7) is 0. The third-order valence-electron chi connectivity index (χ3n) is 12.4. The van der Waals surface area contributed by atoms with Crippen LogP contribution in [0.2, 0.25) is 0 Å². The van der Waals surface area contributed by atoms with Crippen LogP contribution < -0.4 is 4.90 Å². The normalized spacial score (nSPS) is 12.8. The molecule has 11 aromatic rings. The summed E-state index contributed by atoms with van der Waals surface area (Å²) in [7, 11) is 0. The zero-order valence-electron chi connectivity index (χ0n) is 32.7. The van der Waals surface area contributed by atoms with Crippen LogP contribution in [0.5, 0.6) is 0 Å². The van der Waals surface area contributed by atoms with Gasteiger partial charge in [-0.25, -0.2) is 4.98 Å². The van der Waals surface area contributed by atoms with Gasteiger partial charge in [0.15, 0.2) is 0 Å². The van der Waals surface area contributed by atoms with Gasteiger partial charge in [-0.2, -0.15) is 0 Å². The Balaban J connectivity index is 1.08. The molecule has 0 fully saturated rings. The van der Waals surface area contributed by atoms with Crippen LogP contribution >= 0.6 is 0 Å². The SMILES string of the molecule is c1ccc(-c2ccc(N(c3ccc(-n4c5ccccc5c5ccccc54)cc3)c3ccc4c(c3)C(c3ccccc3)(c3ccccc3)c3nc5ccccc5n3-4)cc2)cc1. The molecule has 4 heteroatoms. The predicted octanol–water partition coefficient (Wildman–Crippen LogP) is 14.0. The zero-order valence-corrected chi connectivity index (χ0v) is 32.7. The Kier molecular flexibility index (Phi) is 7.72. The molecule has 0 bridgehead atoms. The number of para-hydroxylation sites is 4. The minimum atomic E-state index is -0.671. The van der Waals surface area contributed by atoms with E-state index in [9.17, 15) is 0 Å². The van der Waals surface area contributed by atoms with E-state index >= 15 is 0 Å². The third kappa shape index (κ3) is 5.07. The van der Waals surface area contributed by atoms with E-state index in [4.69, 9.17) is 4.98 Å². The van der Waals surface area contributed by atoms with Gasteiger partial charge in [-0.1, -0.05) is 152 Å². The van der Waals surface area contributed by atoms with Crippen LogP contribution in [0, 0.1) is 0 Å². The highest BCUT2D eigenvalue weighted by atomic mass is 15.2. The van der Waals surface area contributed by atoms with Gasteiger partial charge in [0.1, 0.15) is 11.2 Å². The lowest BCUT2D eigenvalue weighted by molar-refractivity contribution is 0.718. The Bertz CT molecular complexity index is 3250. The molecule has 1 aliphatic rings. The Morgan fingerprint density at radius 3 is 1.48 bits per heavy atom. The first-order chi connectivity index (χ1) is 29.8. The average molecular weight is 767 g/mol. The highest BCUT2D eigenvalue weighted by Crippen LogP contribution is 2.54. The van der Waals surface area contributed by atoms with Gasteiger partial charge in [0.25, 0.3) is 0 Å². The summed E-state index contributed by atoms with van der Waals surface area (Å²) in [4.78, 5) is 7.86. The second kappa shape index (κ2) is 13.6. The van der Waals surface area contributed by atoms with Gasteiger partial charge >= 0.3 is 0 Å². The molecule has 0 unspecified atom stereocenters. The zero-order chi connectivity index (χ0) is 39.6. The molecule has 4 nitrogen and oxygen atoms in total. The Morgan fingerprint density at radius 2 is 0.867 bits per heavy atom. The standard InChI is InChI=1S/C56H38N4/c1-4-16-39(17-5-1)40-28-30-43(31-29-40)58(44-32-34-45(35-33-44)59-51-25-13-10-22-47(51)48-23-11-14-26-52(48)59)46-36-37-53-49(38-46)56(41-18-6-2-7-19-41,42-20-8-3-9-21-42)55-57-50-24-12-15-27-54(50)60(53)55/h1-38H. The number of benzene rings is 9. The second-order valence-electron chi connectivity index (χ2n) is 15.6. The van der Waals surface area contributed by atoms with E-state index in [2.05, 4.69) is 245 Å². The summed E-state index contributed by atoms with van der Waals surface area (Å²) in [5.41, 5.74) is 15.2. The molecule has 0 N–H and O–H groups in total. The summed E-state index contributed by atoms with van der Waals surface area (Å²) in [6.07, 6.45) is 0. The van der Waals surface area contributed by atoms with Crippen molar-refractivity contribution < 1.29 is 0 Å². The van der Waals surface area contributed by atoms with Crippen LogP contribution in [-0.2, 0) is 5.41 Å². The number of fused-ring (bicyclic) bond motifs is 8. The van der Waals surface area contributed by atoms with Crippen molar-refractivity contribution in [3.05, 3.63) is 253 Å². The first-order valence-electron chi connectivity index (χ1n) is 20.6. The highest BCUT2D eigenvalue weighted by molar-refractivity contribution is 6.09. The third-order valence-corrected chi connectivity index (χ3v) is 12.4. The van der Waals surface area contributed by atoms with E-state index < -0.39 is 5.41 Å². The maximum atomic E-state index is 5.47. The van der Waals surface area contributed by atoms with Crippen molar-refractivity contribution in [3.63, 3.8) is 0 Å². The van der Waals surface area contributed by atoms with Crippen LogP contribution in [0.25, 0.3) is 55.3 Å². The molecule has 282 valence electrons. The summed E-state index contributed by atoms with van der Waals surface area (Å²) < 4.78 is 4.76. The number of nitrogens with zero attached hydrogens (tertiary/aromatic N) is 4. The maximum Gasteiger partial charge on any atom is 0.134 e. The van der Waals surface area contributed by atoms with E-state index in [-0.39, 0.29) is 0 Å². The summed E-state index contributed by atoms with van der Waals surface area (Å²) in [5.74, 6) is 1.00. The Hall–Kier alpha value is -7.95. The van der Waals surface area contributed by atoms with Crippen molar-refractivity contribution in [2.24, 2.45) is 0 Å². The number of anilines is 3. The fraction of sp³-hybridized carbons (Fsp3) is 0.0179. The lowest BCUT2D eigenvalue weighted by Crippen LogP contribution is -2.30. The molecular formula is C56H38N4. The maximum absolute atomic E-state index is 5.47. The summed E-state index contributed by atoms with van der Waals surface area (Å²) in [5, 5.41) is 2.51. The molecule has 0 saturated heterocycles. The van der Waals surface area contributed by atoms with E-state index in [1.54, 1.807) is 0 Å². The fourth-order valence-corrected chi connectivity index (χ4v) is 9.74. The second-order valence-corrected chi connectivity index (χ2v) is 15.6. The Morgan fingerprint density at radius 1 is 0.383 bits per heavy atom. The van der Waals surface area contributed by atoms with E-state index in [1.165, 1.54) is 49.6 Å². The molecule has 1 aliphatic heterocycles. The van der Waals surface area contributed by atoms with Crippen molar-refractivity contribution in [3.8, 4) is 22.5 Å². The van der Waals surface area contributed by atoms with Gasteiger partial charge in [0, 0.05) is 39.1 Å². The molecule has 12 rings (SSSR count). The smallest absolute Gasteiger partial charge is 0.134 e. The quantitative estimate of drug-likeness (QED) is 0.161. The molecule has 0 atom stereocenters. The fourth-order valence-electron chi connectivity index (χ4n) is 9.74. The van der Waals surface area contributed by atoms with E-state index in [0.717, 1.165) is 45.3 Å². The number of hydrogen-bond donors (Lipinski definition) is 0. The van der Waals surface area contributed by atoms with Gasteiger partial charge in [0.2, 0.25) is 0 Å². The van der Waals surface area contributed by atoms with Crippen molar-refractivity contribution in [1.82, 2.24) is 14.1 Å². The molecule has 0 aliphatic carbocycles. The molecule has 0 saturated carbocycles. The summed E-state index contributed by atoms with van der Waals surface area (Å²) in [6, 6.07) is 83.3. The van der Waals surface area contributed by atoms with Gasteiger partial charge in [-0.05, 0) is 101 Å². The number of rotatable bonds is 7. The molecule has 9 aromatic carbocycles. The van der Waals surface area contributed by atoms with E-state index in [0.29, 0.717) is 0 Å². The average Bonchev–Trinajstić information content (AvgIpc) is 3.96. The van der Waals surface area contributed by atoms with Crippen LogP contribution in [0.15, 0.2) is 231 Å². The molecule has 0 spiro atoms. The van der Waals surface area contributed by atoms with Crippen LogP contribution in [0.1, 0.15) is 22.5 Å². The first-order valence-corrected chi connectivity index (χ1v) is 20.6. The topological polar surface area (TPSA) is 26.0 Å². The molecule has 0 amide bonds. The monoisotopic (exact) mass is 766 g/mol. The predicted molar refractivity (Wildman–Crippen MR) is 247 cm³/mol. The van der Waals surface area contributed by atoms with Gasteiger partial charge in [0.05, 0.1) is 27.8 Å². The van der Waals surface area contributed by atoms with Gasteiger partial charge < -0.3 is 9.47 Å². The molecule has 3 heterocycles. The first kappa shape index (κ1) is 34.1. The number of hydrogen-bond acceptors (Lipinski definition) is 2. The molecule has 0 radical (unpaired) electrons. The van der Waals surface area contributed by atoms with Crippen LogP contribution in [0.4, 0.5) is 17.1 Å². The number of imidazole rings is 1. The van der Waals surface area contributed by atoms with Gasteiger partial charge in [-0.15, -0.1) is 0 Å². The highest BCUT2D eigenvalue weighted by Gasteiger charge is 2.49. The van der Waals surface area contributed by atoms with Crippen molar-refractivity contribution in [1.29, 1.82) is 0 Å². The van der Waals surface area contributed by atoms with Crippen molar-refractivity contribution in [2.75, 3.05) is 4.90 Å². The number of aromatic nitrogens is 3. The minimum Gasteiger partial charge on any atom is -0.310 e. The Labute approximate surface area is 348 Å². The van der Waals surface area contributed by atoms with Gasteiger partial charge in [-0.3, -0.25) is 4.57 Å². The molecular weight excluding hydrogens is 729 g/mol. The molecule has 2 aromatic heterocycles. The summed E-state index contributed by atoms with van der Waals surface area (Å²) >= 11 is 0. The van der Waals surface area contributed by atoms with E-state index in [1.807, 2.05) is 0 Å². The molecule has 60 heavy (non-hydrogen) atoms. The lowest BCUT2D eigenvalue weighted by Gasteiger charge is -2.32. The lowest BCUT2D eigenvalue weighted by atomic mass is 9.70. The van der Waals surface area contributed by atoms with Crippen LogP contribution in [0.3, 0.4) is 0 Å². The van der Waals surface area contributed by atoms with Crippen LogP contribution in [-0.4, -0.2) is 14.1 Å². The minimum absolute atomic E-state index is 0.671. The van der Waals surface area contributed by atoms with Crippen molar-refractivity contribution >= 4 is 49.9 Å².